The van der Waals surface area contributed by atoms with Crippen LogP contribution in [-0.4, -0.2) is 9.97 Å². The molecule has 0 saturated carbocycles. The molecule has 0 fully saturated rings. The third-order valence-corrected chi connectivity index (χ3v) is 3.01. The van der Waals surface area contributed by atoms with Crippen molar-refractivity contribution >= 4 is 22.5 Å². The van der Waals surface area contributed by atoms with Gasteiger partial charge in [0.25, 0.3) is 0 Å². The molecule has 0 spiro atoms. The Morgan fingerprint density at radius 1 is 1.12 bits per heavy atom. The smallest absolute Gasteiger partial charge is 0.0480 e. The zero-order chi connectivity index (χ0) is 11.8. The van der Waals surface area contributed by atoms with E-state index in [1.54, 1.807) is 0 Å². The molecule has 2 heterocycles. The lowest BCUT2D eigenvalue weighted by Gasteiger charge is -1.97. The van der Waals surface area contributed by atoms with E-state index in [0.29, 0.717) is 0 Å². The molecule has 3 aromatic rings. The first kappa shape index (κ1) is 10.4. The van der Waals surface area contributed by atoms with Crippen LogP contribution in [0.3, 0.4) is 0 Å². The first-order valence-electron chi connectivity index (χ1n) is 5.43. The molecule has 0 saturated heterocycles. The average Bonchev–Trinajstić information content (AvgIpc) is 2.72. The Morgan fingerprint density at radius 3 is 2.82 bits per heavy atom. The molecular formula is C14H11ClN2. The summed E-state index contributed by atoms with van der Waals surface area (Å²) in [6.07, 6.45) is 3.71. The monoisotopic (exact) mass is 242 g/mol. The number of aromatic amines is 1. The van der Waals surface area contributed by atoms with Gasteiger partial charge < -0.3 is 4.98 Å². The maximum Gasteiger partial charge on any atom is 0.0480 e. The Kier molecular flexibility index (Phi) is 2.37. The van der Waals surface area contributed by atoms with Crippen molar-refractivity contribution in [3.05, 3.63) is 53.3 Å². The lowest BCUT2D eigenvalue weighted by Crippen LogP contribution is -1.81. The summed E-state index contributed by atoms with van der Waals surface area (Å²) >= 11 is 5.97. The van der Waals surface area contributed by atoms with Crippen molar-refractivity contribution in [1.29, 1.82) is 0 Å². The van der Waals surface area contributed by atoms with Crippen LogP contribution in [0.1, 0.15) is 5.56 Å². The van der Waals surface area contributed by atoms with Crippen LogP contribution in [0.4, 0.5) is 0 Å². The van der Waals surface area contributed by atoms with Gasteiger partial charge in [-0.2, -0.15) is 0 Å². The van der Waals surface area contributed by atoms with Crippen LogP contribution in [-0.2, 0) is 0 Å². The zero-order valence-corrected chi connectivity index (χ0v) is 10.1. The van der Waals surface area contributed by atoms with Crippen LogP contribution in [0.5, 0.6) is 0 Å². The van der Waals surface area contributed by atoms with E-state index in [1.807, 2.05) is 37.5 Å². The SMILES string of the molecule is Cc1cncc(-c2cc3ccc(Cl)cc3[nH]2)c1. The summed E-state index contributed by atoms with van der Waals surface area (Å²) in [5.41, 5.74) is 4.36. The fourth-order valence-electron chi connectivity index (χ4n) is 1.96. The first-order chi connectivity index (χ1) is 8.22. The summed E-state index contributed by atoms with van der Waals surface area (Å²) in [5.74, 6) is 0. The van der Waals surface area contributed by atoms with Crippen LogP contribution < -0.4 is 0 Å². The third-order valence-electron chi connectivity index (χ3n) is 2.77. The Bertz CT molecular complexity index is 686. The van der Waals surface area contributed by atoms with Crippen LogP contribution in [0.2, 0.25) is 5.02 Å². The molecular weight excluding hydrogens is 232 g/mol. The van der Waals surface area contributed by atoms with Gasteiger partial charge in [-0.05, 0) is 36.8 Å². The topological polar surface area (TPSA) is 28.7 Å². The molecule has 84 valence electrons. The van der Waals surface area contributed by atoms with Crippen LogP contribution in [0, 0.1) is 6.92 Å². The van der Waals surface area contributed by atoms with Gasteiger partial charge in [0.05, 0.1) is 0 Å². The molecule has 0 aliphatic heterocycles. The Labute approximate surface area is 104 Å². The number of rotatable bonds is 1. The molecule has 2 nitrogen and oxygen atoms in total. The van der Waals surface area contributed by atoms with Crippen molar-refractivity contribution in [2.45, 2.75) is 6.92 Å². The minimum Gasteiger partial charge on any atom is -0.354 e. The van der Waals surface area contributed by atoms with Crippen molar-refractivity contribution in [2.24, 2.45) is 0 Å². The van der Waals surface area contributed by atoms with E-state index in [4.69, 9.17) is 11.6 Å². The molecule has 0 radical (unpaired) electrons. The number of nitrogens with one attached hydrogen (secondary N) is 1. The number of halogens is 1. The lowest BCUT2D eigenvalue weighted by atomic mass is 10.1. The Balaban J connectivity index is 2.18. The number of H-pyrrole nitrogens is 1. The van der Waals surface area contributed by atoms with Crippen molar-refractivity contribution in [1.82, 2.24) is 9.97 Å². The summed E-state index contributed by atoms with van der Waals surface area (Å²) in [4.78, 5) is 7.56. The summed E-state index contributed by atoms with van der Waals surface area (Å²) in [5, 5.41) is 1.90. The fourth-order valence-corrected chi connectivity index (χ4v) is 2.13. The third kappa shape index (κ3) is 1.92. The second kappa shape index (κ2) is 3.90. The van der Waals surface area contributed by atoms with Crippen molar-refractivity contribution in [3.8, 4) is 11.3 Å². The maximum atomic E-state index is 5.97. The Hall–Kier alpha value is -1.80. The van der Waals surface area contributed by atoms with Gasteiger partial charge in [-0.1, -0.05) is 17.7 Å². The first-order valence-corrected chi connectivity index (χ1v) is 5.80. The summed E-state index contributed by atoms with van der Waals surface area (Å²) in [7, 11) is 0. The molecule has 0 amide bonds. The van der Waals surface area contributed by atoms with Gasteiger partial charge in [0, 0.05) is 39.6 Å². The van der Waals surface area contributed by atoms with Crippen molar-refractivity contribution in [2.75, 3.05) is 0 Å². The van der Waals surface area contributed by atoms with E-state index >= 15 is 0 Å². The van der Waals surface area contributed by atoms with Gasteiger partial charge in [-0.3, -0.25) is 4.98 Å². The summed E-state index contributed by atoms with van der Waals surface area (Å²) in [6.45, 7) is 2.04. The standard InChI is InChI=1S/C14H11ClN2/c1-9-4-11(8-16-7-9)13-5-10-2-3-12(15)6-14(10)17-13/h2-8,17H,1H3. The second-order valence-electron chi connectivity index (χ2n) is 4.17. The minimum atomic E-state index is 0.744. The molecule has 0 bridgehead atoms. The largest absolute Gasteiger partial charge is 0.354 e. The number of fused-ring (bicyclic) bond motifs is 1. The van der Waals surface area contributed by atoms with Crippen molar-refractivity contribution < 1.29 is 0 Å². The molecule has 1 N–H and O–H groups in total. The number of hydrogen-bond acceptors (Lipinski definition) is 1. The van der Waals surface area contributed by atoms with Crippen LogP contribution >= 0.6 is 11.6 Å². The predicted octanol–water partition coefficient (Wildman–Crippen LogP) is 4.19. The van der Waals surface area contributed by atoms with E-state index in [0.717, 1.165) is 32.7 Å². The second-order valence-corrected chi connectivity index (χ2v) is 4.60. The van der Waals surface area contributed by atoms with Gasteiger partial charge >= 0.3 is 0 Å². The van der Waals surface area contributed by atoms with E-state index in [2.05, 4.69) is 22.1 Å². The average molecular weight is 243 g/mol. The zero-order valence-electron chi connectivity index (χ0n) is 9.37. The number of nitrogens with zero attached hydrogens (tertiary/aromatic N) is 1. The van der Waals surface area contributed by atoms with Crippen LogP contribution in [0.25, 0.3) is 22.2 Å². The molecule has 17 heavy (non-hydrogen) atoms. The van der Waals surface area contributed by atoms with Crippen LogP contribution in [0.15, 0.2) is 42.7 Å². The van der Waals surface area contributed by atoms with Gasteiger partial charge in [-0.25, -0.2) is 0 Å². The van der Waals surface area contributed by atoms with E-state index < -0.39 is 0 Å². The van der Waals surface area contributed by atoms with Gasteiger partial charge in [0.15, 0.2) is 0 Å². The summed E-state index contributed by atoms with van der Waals surface area (Å²) in [6, 6.07) is 10.1. The molecule has 0 unspecified atom stereocenters. The van der Waals surface area contributed by atoms with E-state index in [-0.39, 0.29) is 0 Å². The highest BCUT2D eigenvalue weighted by molar-refractivity contribution is 6.31. The fraction of sp³-hybridized carbons (Fsp3) is 0.0714. The number of pyridine rings is 1. The molecule has 0 aliphatic carbocycles. The normalized spacial score (nSPS) is 10.9. The van der Waals surface area contributed by atoms with E-state index in [9.17, 15) is 0 Å². The quantitative estimate of drug-likeness (QED) is 0.681. The number of benzene rings is 1. The highest BCUT2D eigenvalue weighted by atomic mass is 35.5. The minimum absolute atomic E-state index is 0.744. The summed E-state index contributed by atoms with van der Waals surface area (Å²) < 4.78 is 0. The molecule has 0 aliphatic rings. The molecule has 0 atom stereocenters. The number of aromatic nitrogens is 2. The highest BCUT2D eigenvalue weighted by Crippen LogP contribution is 2.25. The highest BCUT2D eigenvalue weighted by Gasteiger charge is 2.04. The van der Waals surface area contributed by atoms with E-state index in [1.165, 1.54) is 0 Å². The van der Waals surface area contributed by atoms with Crippen molar-refractivity contribution in [3.63, 3.8) is 0 Å². The molecule has 3 rings (SSSR count). The van der Waals surface area contributed by atoms with Gasteiger partial charge in [0.1, 0.15) is 0 Å². The van der Waals surface area contributed by atoms with Gasteiger partial charge in [-0.15, -0.1) is 0 Å². The molecule has 2 aromatic heterocycles. The molecule has 3 heteroatoms. The lowest BCUT2D eigenvalue weighted by molar-refractivity contribution is 1.26. The Morgan fingerprint density at radius 2 is 2.00 bits per heavy atom. The van der Waals surface area contributed by atoms with Gasteiger partial charge in [0.2, 0.25) is 0 Å². The maximum absolute atomic E-state index is 5.97. The molecule has 1 aromatic carbocycles. The number of aryl methyl sites for hydroxylation is 1. The number of hydrogen-bond donors (Lipinski definition) is 1. The predicted molar refractivity (Wildman–Crippen MR) is 71.3 cm³/mol.